The first-order valence-electron chi connectivity index (χ1n) is 5.35. The molecule has 0 spiro atoms. The lowest BCUT2D eigenvalue weighted by atomic mass is 10.2. The topological polar surface area (TPSA) is 49.0 Å². The number of carbonyl (C=O) groups is 1. The number of hydrogen-bond donors (Lipinski definition) is 1. The molecule has 0 saturated carbocycles. The third-order valence-corrected chi connectivity index (χ3v) is 2.85. The van der Waals surface area contributed by atoms with Crippen LogP contribution in [0.5, 0.6) is 0 Å². The quantitative estimate of drug-likeness (QED) is 0.849. The van der Waals surface area contributed by atoms with Crippen LogP contribution in [0.4, 0.5) is 0 Å². The summed E-state index contributed by atoms with van der Waals surface area (Å²) >= 11 is 5.50. The highest BCUT2D eigenvalue weighted by Gasteiger charge is 2.08. The Balaban J connectivity index is 2.21. The third-order valence-electron chi connectivity index (χ3n) is 2.62. The van der Waals surface area contributed by atoms with E-state index in [-0.39, 0.29) is 11.8 Å². The largest absolute Gasteiger partial charge is 0.342 e. The maximum Gasteiger partial charge on any atom is 0.237 e. The van der Waals surface area contributed by atoms with Crippen LogP contribution in [-0.4, -0.2) is 33.7 Å². The fourth-order valence-corrected chi connectivity index (χ4v) is 1.95. The van der Waals surface area contributed by atoms with Gasteiger partial charge in [-0.15, -0.1) is 11.6 Å². The molecule has 0 atom stereocenters. The Kier molecular flexibility index (Phi) is 3.33. The standard InChI is InChI=1S/C12H14ClN3O/c1-8-14-10-4-3-9(5-11(10)15-8)7-16(2)12(17)6-13/h3-5H,6-7H2,1-2H3,(H,14,15). The number of H-pyrrole nitrogens is 1. The van der Waals surface area contributed by atoms with E-state index in [4.69, 9.17) is 11.6 Å². The van der Waals surface area contributed by atoms with Crippen LogP contribution >= 0.6 is 11.6 Å². The smallest absolute Gasteiger partial charge is 0.237 e. The highest BCUT2D eigenvalue weighted by Crippen LogP contribution is 2.14. The molecule has 1 N–H and O–H groups in total. The normalized spacial score (nSPS) is 10.8. The van der Waals surface area contributed by atoms with Crippen LogP contribution in [0.1, 0.15) is 11.4 Å². The van der Waals surface area contributed by atoms with E-state index in [1.807, 2.05) is 25.1 Å². The molecular formula is C12H14ClN3O. The SMILES string of the molecule is Cc1nc2ccc(CN(C)C(=O)CCl)cc2[nH]1. The number of aryl methyl sites for hydroxylation is 1. The summed E-state index contributed by atoms with van der Waals surface area (Å²) in [4.78, 5) is 20.5. The van der Waals surface area contributed by atoms with Crippen molar-refractivity contribution in [3.63, 3.8) is 0 Å². The van der Waals surface area contributed by atoms with Gasteiger partial charge >= 0.3 is 0 Å². The van der Waals surface area contributed by atoms with Crippen LogP contribution in [0, 0.1) is 6.92 Å². The van der Waals surface area contributed by atoms with Crippen LogP contribution < -0.4 is 0 Å². The number of nitrogens with zero attached hydrogens (tertiary/aromatic N) is 2. The minimum atomic E-state index is -0.0763. The predicted molar refractivity (Wildman–Crippen MR) is 68.0 cm³/mol. The molecule has 1 aromatic carbocycles. The van der Waals surface area contributed by atoms with Crippen molar-refractivity contribution in [1.82, 2.24) is 14.9 Å². The molecule has 0 bridgehead atoms. The van der Waals surface area contributed by atoms with Crippen LogP contribution in [0.15, 0.2) is 18.2 Å². The number of fused-ring (bicyclic) bond motifs is 1. The number of aromatic amines is 1. The molecule has 0 fully saturated rings. The molecule has 0 aliphatic heterocycles. The molecule has 1 heterocycles. The molecule has 0 radical (unpaired) electrons. The maximum absolute atomic E-state index is 11.4. The lowest BCUT2D eigenvalue weighted by molar-refractivity contribution is -0.127. The average Bonchev–Trinajstić information content (AvgIpc) is 2.67. The fraction of sp³-hybridized carbons (Fsp3) is 0.333. The summed E-state index contributed by atoms with van der Waals surface area (Å²) in [5, 5.41) is 0. The molecule has 5 heteroatoms. The number of amides is 1. The van der Waals surface area contributed by atoms with Gasteiger partial charge in [0.15, 0.2) is 0 Å². The van der Waals surface area contributed by atoms with E-state index in [1.54, 1.807) is 11.9 Å². The molecule has 4 nitrogen and oxygen atoms in total. The van der Waals surface area contributed by atoms with Crippen molar-refractivity contribution >= 4 is 28.5 Å². The van der Waals surface area contributed by atoms with Gasteiger partial charge in [0.25, 0.3) is 0 Å². The van der Waals surface area contributed by atoms with Crippen LogP contribution in [0.2, 0.25) is 0 Å². The minimum Gasteiger partial charge on any atom is -0.342 e. The van der Waals surface area contributed by atoms with Gasteiger partial charge in [0, 0.05) is 13.6 Å². The van der Waals surface area contributed by atoms with Gasteiger partial charge in [-0.05, 0) is 24.6 Å². The molecule has 90 valence electrons. The summed E-state index contributed by atoms with van der Waals surface area (Å²) in [5.74, 6) is 0.831. The Morgan fingerprint density at radius 2 is 2.29 bits per heavy atom. The number of alkyl halides is 1. The maximum atomic E-state index is 11.4. The number of rotatable bonds is 3. The molecule has 17 heavy (non-hydrogen) atoms. The second-order valence-corrected chi connectivity index (χ2v) is 4.32. The second kappa shape index (κ2) is 4.75. The second-order valence-electron chi connectivity index (χ2n) is 4.06. The molecule has 0 aliphatic rings. The lowest BCUT2D eigenvalue weighted by Crippen LogP contribution is -2.27. The van der Waals surface area contributed by atoms with Crippen molar-refractivity contribution < 1.29 is 4.79 Å². The van der Waals surface area contributed by atoms with E-state index in [1.165, 1.54) is 0 Å². The first kappa shape index (κ1) is 11.9. The minimum absolute atomic E-state index is 0.0158. The zero-order chi connectivity index (χ0) is 12.4. The zero-order valence-electron chi connectivity index (χ0n) is 9.83. The zero-order valence-corrected chi connectivity index (χ0v) is 10.6. The number of halogens is 1. The van der Waals surface area contributed by atoms with Gasteiger partial charge in [0.2, 0.25) is 5.91 Å². The summed E-state index contributed by atoms with van der Waals surface area (Å²) in [6.45, 7) is 2.47. The monoisotopic (exact) mass is 251 g/mol. The third kappa shape index (κ3) is 2.58. The van der Waals surface area contributed by atoms with Crippen molar-refractivity contribution in [2.24, 2.45) is 0 Å². The molecule has 0 saturated heterocycles. The summed E-state index contributed by atoms with van der Waals surface area (Å²) in [6.07, 6.45) is 0. The highest BCUT2D eigenvalue weighted by molar-refractivity contribution is 6.27. The van der Waals surface area contributed by atoms with Crippen molar-refractivity contribution in [3.8, 4) is 0 Å². The van der Waals surface area contributed by atoms with E-state index in [2.05, 4.69) is 9.97 Å². The molecule has 1 aromatic heterocycles. The van der Waals surface area contributed by atoms with Gasteiger partial charge in [-0.3, -0.25) is 4.79 Å². The number of aromatic nitrogens is 2. The molecule has 0 unspecified atom stereocenters. The summed E-state index contributed by atoms with van der Waals surface area (Å²) in [7, 11) is 1.74. The number of carbonyl (C=O) groups excluding carboxylic acids is 1. The van der Waals surface area contributed by atoms with Crippen molar-refractivity contribution in [3.05, 3.63) is 29.6 Å². The molecule has 0 aliphatic carbocycles. The van der Waals surface area contributed by atoms with E-state index in [0.717, 1.165) is 22.4 Å². The Bertz CT molecular complexity index is 550. The van der Waals surface area contributed by atoms with Crippen LogP contribution in [-0.2, 0) is 11.3 Å². The summed E-state index contributed by atoms with van der Waals surface area (Å²) < 4.78 is 0. The Hall–Kier alpha value is -1.55. The van der Waals surface area contributed by atoms with Crippen LogP contribution in [0.3, 0.4) is 0 Å². The van der Waals surface area contributed by atoms with Gasteiger partial charge in [-0.2, -0.15) is 0 Å². The summed E-state index contributed by atoms with van der Waals surface area (Å²) in [5.41, 5.74) is 2.99. The van der Waals surface area contributed by atoms with E-state index in [0.29, 0.717) is 6.54 Å². The predicted octanol–water partition coefficient (Wildman–Crippen LogP) is 2.07. The highest BCUT2D eigenvalue weighted by atomic mass is 35.5. The number of nitrogens with one attached hydrogen (secondary N) is 1. The van der Waals surface area contributed by atoms with Crippen molar-refractivity contribution in [1.29, 1.82) is 0 Å². The van der Waals surface area contributed by atoms with Gasteiger partial charge in [0.1, 0.15) is 11.7 Å². The van der Waals surface area contributed by atoms with Gasteiger partial charge in [-0.1, -0.05) is 6.07 Å². The average molecular weight is 252 g/mol. The van der Waals surface area contributed by atoms with Gasteiger partial charge < -0.3 is 9.88 Å². The van der Waals surface area contributed by atoms with Gasteiger partial charge in [-0.25, -0.2) is 4.98 Å². The number of hydrogen-bond acceptors (Lipinski definition) is 2. The van der Waals surface area contributed by atoms with Gasteiger partial charge in [0.05, 0.1) is 11.0 Å². The molecule has 2 rings (SSSR count). The first-order chi connectivity index (χ1) is 8.10. The summed E-state index contributed by atoms with van der Waals surface area (Å²) in [6, 6.07) is 5.93. The lowest BCUT2D eigenvalue weighted by Gasteiger charge is -2.15. The number of benzene rings is 1. The Morgan fingerprint density at radius 3 is 3.00 bits per heavy atom. The van der Waals surface area contributed by atoms with Crippen molar-refractivity contribution in [2.75, 3.05) is 12.9 Å². The van der Waals surface area contributed by atoms with E-state index < -0.39 is 0 Å². The van der Waals surface area contributed by atoms with E-state index in [9.17, 15) is 4.79 Å². The fourth-order valence-electron chi connectivity index (χ4n) is 1.75. The first-order valence-corrected chi connectivity index (χ1v) is 5.89. The molecule has 2 aromatic rings. The molecule has 1 amide bonds. The van der Waals surface area contributed by atoms with E-state index >= 15 is 0 Å². The number of imidazole rings is 1. The van der Waals surface area contributed by atoms with Crippen LogP contribution in [0.25, 0.3) is 11.0 Å². The Morgan fingerprint density at radius 1 is 1.53 bits per heavy atom. The molecular weight excluding hydrogens is 238 g/mol. The Labute approximate surface area is 105 Å². The van der Waals surface area contributed by atoms with Crippen molar-refractivity contribution in [2.45, 2.75) is 13.5 Å².